The number of nitrogens with zero attached hydrogens (tertiary/aromatic N) is 1. The van der Waals surface area contributed by atoms with Crippen LogP contribution in [0.1, 0.15) is 17.5 Å². The number of hydrogen-bond donors (Lipinski definition) is 1. The van der Waals surface area contributed by atoms with E-state index in [1.54, 1.807) is 6.07 Å². The molecule has 1 atom stereocenters. The van der Waals surface area contributed by atoms with Crippen LogP contribution in [0.3, 0.4) is 0 Å². The van der Waals surface area contributed by atoms with Crippen molar-refractivity contribution in [3.8, 4) is 11.8 Å². The van der Waals surface area contributed by atoms with Crippen LogP contribution in [0.2, 0.25) is 0 Å². The lowest BCUT2D eigenvalue weighted by atomic mass is 10.1. The topological polar surface area (TPSA) is 32.7 Å². The molecule has 102 valence electrons. The molecular weight excluding hydrogens is 245 g/mol. The predicted octanol–water partition coefficient (Wildman–Crippen LogP) is 1.39. The van der Waals surface area contributed by atoms with Crippen molar-refractivity contribution in [2.24, 2.45) is 0 Å². The van der Waals surface area contributed by atoms with Crippen molar-refractivity contribution in [2.75, 3.05) is 26.9 Å². The summed E-state index contributed by atoms with van der Waals surface area (Å²) in [5, 5.41) is 8.75. The molecule has 4 heteroatoms. The summed E-state index contributed by atoms with van der Waals surface area (Å²) >= 11 is 0. The Morgan fingerprint density at radius 2 is 2.37 bits per heavy atom. The predicted molar refractivity (Wildman–Crippen MR) is 71.1 cm³/mol. The highest BCUT2D eigenvalue weighted by atomic mass is 19.1. The van der Waals surface area contributed by atoms with Crippen LogP contribution in [0.25, 0.3) is 0 Å². The Bertz CT molecular complexity index is 487. The van der Waals surface area contributed by atoms with Crippen LogP contribution in [-0.2, 0) is 11.3 Å². The van der Waals surface area contributed by atoms with Crippen molar-refractivity contribution in [3.63, 3.8) is 0 Å². The average molecular weight is 263 g/mol. The van der Waals surface area contributed by atoms with Gasteiger partial charge < -0.3 is 9.84 Å². The van der Waals surface area contributed by atoms with E-state index in [0.29, 0.717) is 18.2 Å². The monoisotopic (exact) mass is 263 g/mol. The maximum absolute atomic E-state index is 13.2. The molecule has 0 radical (unpaired) electrons. The molecule has 0 aliphatic carbocycles. The number of hydrogen-bond acceptors (Lipinski definition) is 3. The first-order valence-electron chi connectivity index (χ1n) is 6.37. The van der Waals surface area contributed by atoms with Gasteiger partial charge in [-0.3, -0.25) is 4.90 Å². The molecule has 0 amide bonds. The van der Waals surface area contributed by atoms with Crippen LogP contribution >= 0.6 is 0 Å². The molecule has 1 aromatic rings. The molecule has 1 heterocycles. The highest BCUT2D eigenvalue weighted by Gasteiger charge is 2.20. The molecule has 0 bridgehead atoms. The van der Waals surface area contributed by atoms with Gasteiger partial charge in [-0.25, -0.2) is 4.39 Å². The van der Waals surface area contributed by atoms with E-state index in [0.717, 1.165) is 25.2 Å². The van der Waals surface area contributed by atoms with Gasteiger partial charge in [0.05, 0.1) is 6.61 Å². The van der Waals surface area contributed by atoms with E-state index in [9.17, 15) is 4.39 Å². The summed E-state index contributed by atoms with van der Waals surface area (Å²) in [4.78, 5) is 2.20. The van der Waals surface area contributed by atoms with E-state index in [1.165, 1.54) is 12.1 Å². The lowest BCUT2D eigenvalue weighted by Crippen LogP contribution is -2.31. The Hall–Kier alpha value is -1.41. The maximum atomic E-state index is 13.2. The zero-order valence-electron chi connectivity index (χ0n) is 11.0. The minimum absolute atomic E-state index is 0.220. The minimum atomic E-state index is -0.308. The van der Waals surface area contributed by atoms with Crippen molar-refractivity contribution in [3.05, 3.63) is 35.1 Å². The SMILES string of the molecule is CN(Cc1ccc(F)cc1C#CCO)C1CCOC1. The van der Waals surface area contributed by atoms with E-state index in [4.69, 9.17) is 9.84 Å². The third kappa shape index (κ3) is 3.77. The number of halogens is 1. The average Bonchev–Trinajstić information content (AvgIpc) is 2.93. The van der Waals surface area contributed by atoms with Gasteiger partial charge in [0.15, 0.2) is 0 Å². The molecular formula is C15H18FNO2. The van der Waals surface area contributed by atoms with Crippen molar-refractivity contribution in [2.45, 2.75) is 19.0 Å². The second kappa shape index (κ2) is 6.67. The quantitative estimate of drug-likeness (QED) is 0.837. The first kappa shape index (κ1) is 14.0. The Balaban J connectivity index is 2.14. The molecule has 1 fully saturated rings. The molecule has 1 N–H and O–H groups in total. The number of aliphatic hydroxyl groups excluding tert-OH is 1. The van der Waals surface area contributed by atoms with Gasteiger partial charge in [0.25, 0.3) is 0 Å². The number of benzene rings is 1. The summed E-state index contributed by atoms with van der Waals surface area (Å²) in [5.74, 6) is 5.06. The summed E-state index contributed by atoms with van der Waals surface area (Å²) in [6.45, 7) is 2.02. The van der Waals surface area contributed by atoms with E-state index in [2.05, 4.69) is 16.7 Å². The molecule has 1 aliphatic heterocycles. The highest BCUT2D eigenvalue weighted by molar-refractivity contribution is 5.41. The fourth-order valence-corrected chi connectivity index (χ4v) is 2.21. The van der Waals surface area contributed by atoms with Gasteiger partial charge in [-0.05, 0) is 31.2 Å². The lowest BCUT2D eigenvalue weighted by molar-refractivity contribution is 0.156. The second-order valence-corrected chi connectivity index (χ2v) is 4.69. The molecule has 1 aromatic carbocycles. The summed E-state index contributed by atoms with van der Waals surface area (Å²) < 4.78 is 18.6. The van der Waals surface area contributed by atoms with E-state index in [1.807, 2.05) is 7.05 Å². The van der Waals surface area contributed by atoms with E-state index < -0.39 is 0 Å². The van der Waals surface area contributed by atoms with Gasteiger partial charge in [0, 0.05) is 24.8 Å². The number of ether oxygens (including phenoxy) is 1. The molecule has 1 unspecified atom stereocenters. The molecule has 1 aliphatic rings. The molecule has 0 spiro atoms. The minimum Gasteiger partial charge on any atom is -0.384 e. The maximum Gasteiger partial charge on any atom is 0.124 e. The van der Waals surface area contributed by atoms with Crippen LogP contribution in [-0.4, -0.2) is 42.9 Å². The first-order valence-corrected chi connectivity index (χ1v) is 6.37. The van der Waals surface area contributed by atoms with Gasteiger partial charge in [0.1, 0.15) is 12.4 Å². The fourth-order valence-electron chi connectivity index (χ4n) is 2.21. The lowest BCUT2D eigenvalue weighted by Gasteiger charge is -2.23. The van der Waals surface area contributed by atoms with Gasteiger partial charge >= 0.3 is 0 Å². The van der Waals surface area contributed by atoms with Gasteiger partial charge in [-0.2, -0.15) is 0 Å². The van der Waals surface area contributed by atoms with E-state index in [-0.39, 0.29) is 12.4 Å². The highest BCUT2D eigenvalue weighted by Crippen LogP contribution is 2.17. The number of aliphatic hydroxyl groups is 1. The zero-order valence-corrected chi connectivity index (χ0v) is 11.0. The van der Waals surface area contributed by atoms with Crippen LogP contribution in [0.15, 0.2) is 18.2 Å². The molecule has 0 aromatic heterocycles. The summed E-state index contributed by atoms with van der Waals surface area (Å²) in [7, 11) is 2.03. The molecule has 0 saturated carbocycles. The van der Waals surface area contributed by atoms with Crippen molar-refractivity contribution in [1.82, 2.24) is 4.90 Å². The third-order valence-electron chi connectivity index (χ3n) is 3.32. The second-order valence-electron chi connectivity index (χ2n) is 4.69. The van der Waals surface area contributed by atoms with Crippen molar-refractivity contribution in [1.29, 1.82) is 0 Å². The molecule has 3 nitrogen and oxygen atoms in total. The molecule has 2 rings (SSSR count). The first-order chi connectivity index (χ1) is 9.20. The van der Waals surface area contributed by atoms with Gasteiger partial charge in [-0.1, -0.05) is 17.9 Å². The summed E-state index contributed by atoms with van der Waals surface area (Å²) in [6, 6.07) is 5.02. The standard InChI is InChI=1S/C15H18FNO2/c1-17(15-6-8-19-11-15)10-13-4-5-14(16)9-12(13)3-2-7-18/h4-5,9,15,18H,6-8,10-11H2,1H3. The van der Waals surface area contributed by atoms with Gasteiger partial charge in [0.2, 0.25) is 0 Å². The zero-order chi connectivity index (χ0) is 13.7. The normalized spacial score (nSPS) is 18.4. The smallest absolute Gasteiger partial charge is 0.124 e. The van der Waals surface area contributed by atoms with Gasteiger partial charge in [-0.15, -0.1) is 0 Å². The summed E-state index contributed by atoms with van der Waals surface area (Å²) in [5.41, 5.74) is 1.61. The Labute approximate surface area is 113 Å². The van der Waals surface area contributed by atoms with Crippen LogP contribution in [0.4, 0.5) is 4.39 Å². The summed E-state index contributed by atoms with van der Waals surface area (Å²) in [6.07, 6.45) is 1.02. The fraction of sp³-hybridized carbons (Fsp3) is 0.467. The van der Waals surface area contributed by atoms with Crippen LogP contribution < -0.4 is 0 Å². The largest absolute Gasteiger partial charge is 0.384 e. The Morgan fingerprint density at radius 1 is 1.53 bits per heavy atom. The van der Waals surface area contributed by atoms with Crippen molar-refractivity contribution >= 4 is 0 Å². The number of rotatable bonds is 3. The Morgan fingerprint density at radius 3 is 3.05 bits per heavy atom. The molecule has 19 heavy (non-hydrogen) atoms. The van der Waals surface area contributed by atoms with Crippen molar-refractivity contribution < 1.29 is 14.2 Å². The number of likely N-dealkylation sites (N-methyl/N-ethyl adjacent to an activating group) is 1. The Kier molecular flexibility index (Phi) is 4.92. The third-order valence-corrected chi connectivity index (χ3v) is 3.32. The van der Waals surface area contributed by atoms with Crippen LogP contribution in [0, 0.1) is 17.7 Å². The molecule has 1 saturated heterocycles. The van der Waals surface area contributed by atoms with Crippen LogP contribution in [0.5, 0.6) is 0 Å². The van der Waals surface area contributed by atoms with E-state index >= 15 is 0 Å².